The number of rotatable bonds is 7. The average Bonchev–Trinajstić information content (AvgIpc) is 2.79. The van der Waals surface area contributed by atoms with Gasteiger partial charge in [0.15, 0.2) is 5.82 Å². The number of nitrogens with two attached hydrogens (primary N) is 1. The number of aromatic nitrogens is 2. The summed E-state index contributed by atoms with van der Waals surface area (Å²) in [5.41, 5.74) is 5.79. The fraction of sp³-hybridized carbons (Fsp3) is 0.750. The van der Waals surface area contributed by atoms with Crippen LogP contribution in [0.3, 0.4) is 0 Å². The van der Waals surface area contributed by atoms with Crippen molar-refractivity contribution in [2.75, 3.05) is 6.54 Å². The zero-order chi connectivity index (χ0) is 13.6. The smallest absolute Gasteiger partial charge is 0.227 e. The van der Waals surface area contributed by atoms with Gasteiger partial charge in [0.2, 0.25) is 11.8 Å². The van der Waals surface area contributed by atoms with E-state index < -0.39 is 0 Å². The van der Waals surface area contributed by atoms with Gasteiger partial charge in [-0.15, -0.1) is 0 Å². The molecule has 6 nitrogen and oxygen atoms in total. The van der Waals surface area contributed by atoms with Crippen molar-refractivity contribution in [3.8, 4) is 0 Å². The van der Waals surface area contributed by atoms with E-state index in [1.807, 2.05) is 13.8 Å². The van der Waals surface area contributed by atoms with E-state index in [4.69, 9.17) is 10.3 Å². The van der Waals surface area contributed by atoms with Gasteiger partial charge in [-0.1, -0.05) is 19.0 Å². The lowest BCUT2D eigenvalue weighted by molar-refractivity contribution is -0.121. The minimum absolute atomic E-state index is 0.0393. The Morgan fingerprint density at radius 1 is 1.44 bits per heavy atom. The molecule has 0 atom stereocenters. The average molecular weight is 254 g/mol. The number of aryl methyl sites for hydroxylation is 2. The second-order valence-electron chi connectivity index (χ2n) is 4.58. The summed E-state index contributed by atoms with van der Waals surface area (Å²) in [6.07, 6.45) is 2.48. The molecule has 102 valence electrons. The highest BCUT2D eigenvalue weighted by molar-refractivity contribution is 5.76. The van der Waals surface area contributed by atoms with Crippen LogP contribution in [0.4, 0.5) is 0 Å². The molecule has 1 aromatic heterocycles. The van der Waals surface area contributed by atoms with Crippen LogP contribution in [-0.4, -0.2) is 28.1 Å². The highest BCUT2D eigenvalue weighted by Crippen LogP contribution is 2.09. The zero-order valence-electron chi connectivity index (χ0n) is 11.3. The summed E-state index contributed by atoms with van der Waals surface area (Å²) >= 11 is 0. The van der Waals surface area contributed by atoms with Gasteiger partial charge in [0.25, 0.3) is 0 Å². The Bertz CT molecular complexity index is 385. The number of hydrogen-bond acceptors (Lipinski definition) is 5. The highest BCUT2D eigenvalue weighted by atomic mass is 16.5. The van der Waals surface area contributed by atoms with Crippen LogP contribution in [0.2, 0.25) is 0 Å². The summed E-state index contributed by atoms with van der Waals surface area (Å²) in [5, 5.41) is 6.52. The molecule has 0 unspecified atom stereocenters. The van der Waals surface area contributed by atoms with Crippen molar-refractivity contribution in [3.63, 3.8) is 0 Å². The van der Waals surface area contributed by atoms with Gasteiger partial charge in [0, 0.05) is 24.9 Å². The minimum Gasteiger partial charge on any atom is -0.354 e. The van der Waals surface area contributed by atoms with Crippen LogP contribution in [0.1, 0.15) is 44.8 Å². The molecule has 0 aliphatic carbocycles. The Kier molecular flexibility index (Phi) is 5.27. The molecule has 0 aromatic carbocycles. The van der Waals surface area contributed by atoms with E-state index >= 15 is 0 Å². The van der Waals surface area contributed by atoms with Gasteiger partial charge >= 0.3 is 0 Å². The number of carbonyl (C=O) groups is 1. The molecule has 0 saturated heterocycles. The van der Waals surface area contributed by atoms with Crippen molar-refractivity contribution < 1.29 is 9.32 Å². The largest absolute Gasteiger partial charge is 0.354 e. The van der Waals surface area contributed by atoms with Gasteiger partial charge in [-0.05, 0) is 19.8 Å². The number of amides is 1. The normalized spacial score (nSPS) is 11.6. The predicted molar refractivity (Wildman–Crippen MR) is 67.9 cm³/mol. The van der Waals surface area contributed by atoms with Gasteiger partial charge in [-0.25, -0.2) is 0 Å². The molecule has 0 spiro atoms. The maximum atomic E-state index is 11.6. The maximum Gasteiger partial charge on any atom is 0.227 e. The second-order valence-corrected chi connectivity index (χ2v) is 4.58. The quantitative estimate of drug-likeness (QED) is 0.755. The molecule has 18 heavy (non-hydrogen) atoms. The van der Waals surface area contributed by atoms with Crippen molar-refractivity contribution in [2.45, 2.75) is 52.0 Å². The predicted octanol–water partition coefficient (Wildman–Crippen LogP) is 0.944. The summed E-state index contributed by atoms with van der Waals surface area (Å²) < 4.78 is 4.94. The van der Waals surface area contributed by atoms with Crippen LogP contribution in [0, 0.1) is 6.92 Å². The summed E-state index contributed by atoms with van der Waals surface area (Å²) in [5.74, 6) is 1.04. The van der Waals surface area contributed by atoms with Crippen LogP contribution in [-0.2, 0) is 11.2 Å². The van der Waals surface area contributed by atoms with Gasteiger partial charge < -0.3 is 15.6 Å². The molecule has 1 heterocycles. The Hall–Kier alpha value is -1.43. The number of nitrogens with zero attached hydrogens (tertiary/aromatic N) is 2. The van der Waals surface area contributed by atoms with Crippen molar-refractivity contribution in [2.24, 2.45) is 5.73 Å². The lowest BCUT2D eigenvalue weighted by Crippen LogP contribution is -2.49. The Balaban J connectivity index is 2.30. The van der Waals surface area contributed by atoms with Crippen LogP contribution in [0.15, 0.2) is 4.52 Å². The molecule has 0 aliphatic heterocycles. The molecular formula is C12H22N4O2. The maximum absolute atomic E-state index is 11.6. The van der Waals surface area contributed by atoms with Crippen LogP contribution >= 0.6 is 0 Å². The molecule has 3 N–H and O–H groups in total. The Morgan fingerprint density at radius 3 is 2.61 bits per heavy atom. The van der Waals surface area contributed by atoms with Gasteiger partial charge in [0.05, 0.1) is 0 Å². The number of carbonyl (C=O) groups excluding carboxylic acids is 1. The molecule has 6 heteroatoms. The van der Waals surface area contributed by atoms with Crippen molar-refractivity contribution in [1.29, 1.82) is 0 Å². The summed E-state index contributed by atoms with van der Waals surface area (Å²) in [4.78, 5) is 15.7. The Labute approximate surface area is 107 Å². The van der Waals surface area contributed by atoms with E-state index in [1.165, 1.54) is 0 Å². The van der Waals surface area contributed by atoms with Crippen molar-refractivity contribution >= 4 is 5.91 Å². The van der Waals surface area contributed by atoms with Gasteiger partial charge in [-0.2, -0.15) is 4.98 Å². The molecule has 1 amide bonds. The zero-order valence-corrected chi connectivity index (χ0v) is 11.3. The van der Waals surface area contributed by atoms with E-state index in [0.29, 0.717) is 31.1 Å². The highest BCUT2D eigenvalue weighted by Gasteiger charge is 2.20. The summed E-state index contributed by atoms with van der Waals surface area (Å²) in [6, 6.07) is 0. The standard InChI is InChI=1S/C12H22N4O2/c1-4-12(13,5-2)8-14-10(17)6-7-11-15-9(3)16-18-11/h4-8,13H2,1-3H3,(H,14,17). The fourth-order valence-electron chi connectivity index (χ4n) is 1.53. The summed E-state index contributed by atoms with van der Waals surface area (Å²) in [7, 11) is 0. The molecular weight excluding hydrogens is 232 g/mol. The first-order valence-electron chi connectivity index (χ1n) is 6.34. The SMILES string of the molecule is CCC(N)(CC)CNC(=O)CCc1nc(C)no1. The first kappa shape index (κ1) is 14.6. The summed E-state index contributed by atoms with van der Waals surface area (Å²) in [6.45, 7) is 6.30. The molecule has 0 radical (unpaired) electrons. The molecule has 0 fully saturated rings. The van der Waals surface area contributed by atoms with Gasteiger partial charge in [0.1, 0.15) is 0 Å². The monoisotopic (exact) mass is 254 g/mol. The van der Waals surface area contributed by atoms with Crippen LogP contribution in [0.25, 0.3) is 0 Å². The number of hydrogen-bond donors (Lipinski definition) is 2. The van der Waals surface area contributed by atoms with Crippen LogP contribution < -0.4 is 11.1 Å². The molecule has 1 aromatic rings. The molecule has 0 bridgehead atoms. The van der Waals surface area contributed by atoms with Crippen molar-refractivity contribution in [1.82, 2.24) is 15.5 Å². The third kappa shape index (κ3) is 4.44. The fourth-order valence-corrected chi connectivity index (χ4v) is 1.53. The third-order valence-corrected chi connectivity index (χ3v) is 3.18. The second kappa shape index (κ2) is 6.49. The number of nitrogens with one attached hydrogen (secondary N) is 1. The van der Waals surface area contributed by atoms with E-state index in [9.17, 15) is 4.79 Å². The van der Waals surface area contributed by atoms with Crippen molar-refractivity contribution in [3.05, 3.63) is 11.7 Å². The van der Waals surface area contributed by atoms with Crippen LogP contribution in [0.5, 0.6) is 0 Å². The first-order valence-corrected chi connectivity index (χ1v) is 6.34. The Morgan fingerprint density at radius 2 is 2.11 bits per heavy atom. The van der Waals surface area contributed by atoms with Gasteiger partial charge in [-0.3, -0.25) is 4.79 Å². The lowest BCUT2D eigenvalue weighted by Gasteiger charge is -2.26. The third-order valence-electron chi connectivity index (χ3n) is 3.18. The molecule has 0 saturated carbocycles. The minimum atomic E-state index is -0.309. The van der Waals surface area contributed by atoms with E-state index in [-0.39, 0.29) is 11.4 Å². The van der Waals surface area contributed by atoms with E-state index in [0.717, 1.165) is 12.8 Å². The van der Waals surface area contributed by atoms with E-state index in [1.54, 1.807) is 6.92 Å². The lowest BCUT2D eigenvalue weighted by atomic mass is 9.94. The topological polar surface area (TPSA) is 94.0 Å². The van der Waals surface area contributed by atoms with E-state index in [2.05, 4.69) is 15.5 Å². The first-order chi connectivity index (χ1) is 8.49. The molecule has 1 rings (SSSR count). The molecule has 0 aliphatic rings.